The van der Waals surface area contributed by atoms with Gasteiger partial charge < -0.3 is 14.9 Å². The van der Waals surface area contributed by atoms with Gasteiger partial charge in [-0.3, -0.25) is 14.4 Å². The zero-order valence-electron chi connectivity index (χ0n) is 19.7. The van der Waals surface area contributed by atoms with Gasteiger partial charge in [0.05, 0.1) is 5.92 Å². The summed E-state index contributed by atoms with van der Waals surface area (Å²) in [5, 5.41) is 9.95. The molecule has 2 amide bonds. The monoisotopic (exact) mass is 466 g/mol. The highest BCUT2D eigenvalue weighted by molar-refractivity contribution is 6.00. The minimum atomic E-state index is -0.751. The van der Waals surface area contributed by atoms with Gasteiger partial charge in [-0.2, -0.15) is 0 Å². The predicted octanol–water partition coefficient (Wildman–Crippen LogP) is 3.91. The molecule has 0 radical (unpaired) electrons. The zero-order valence-corrected chi connectivity index (χ0v) is 19.7. The van der Waals surface area contributed by atoms with E-state index in [0.717, 1.165) is 19.3 Å². The first-order chi connectivity index (χ1) is 16.3. The maximum Gasteiger partial charge on any atom is 0.228 e. The molecule has 2 heterocycles. The third-order valence-electron chi connectivity index (χ3n) is 7.27. The van der Waals surface area contributed by atoms with Crippen LogP contribution in [0, 0.1) is 24.6 Å². The first-order valence-electron chi connectivity index (χ1n) is 11.9. The number of ketones is 1. The number of likely N-dealkylation sites (tertiary alicyclic amines) is 2. The molecule has 2 aromatic rings. The summed E-state index contributed by atoms with van der Waals surface area (Å²) >= 11 is 0. The van der Waals surface area contributed by atoms with Crippen molar-refractivity contribution in [2.24, 2.45) is 11.8 Å². The van der Waals surface area contributed by atoms with Gasteiger partial charge in [0.15, 0.2) is 5.78 Å². The predicted molar refractivity (Wildman–Crippen MR) is 126 cm³/mol. The zero-order chi connectivity index (χ0) is 24.4. The van der Waals surface area contributed by atoms with Crippen molar-refractivity contribution in [3.63, 3.8) is 0 Å². The fourth-order valence-corrected chi connectivity index (χ4v) is 5.43. The van der Waals surface area contributed by atoms with Gasteiger partial charge in [0.25, 0.3) is 0 Å². The lowest BCUT2D eigenvalue weighted by atomic mass is 9.69. The van der Waals surface area contributed by atoms with Gasteiger partial charge in [0.1, 0.15) is 11.6 Å². The molecule has 180 valence electrons. The molecule has 2 fully saturated rings. The summed E-state index contributed by atoms with van der Waals surface area (Å²) in [6, 6.07) is 10.8. The van der Waals surface area contributed by atoms with Gasteiger partial charge >= 0.3 is 0 Å². The number of carbonyl (C=O) groups excluding carboxylic acids is 3. The number of phenolic OH excluding ortho intramolecular Hbond substituents is 1. The second kappa shape index (κ2) is 9.95. The quantitative estimate of drug-likeness (QED) is 0.693. The largest absolute Gasteiger partial charge is 0.508 e. The van der Waals surface area contributed by atoms with Crippen LogP contribution in [0.5, 0.6) is 5.75 Å². The number of benzene rings is 2. The van der Waals surface area contributed by atoms with E-state index in [1.54, 1.807) is 36.1 Å². The summed E-state index contributed by atoms with van der Waals surface area (Å²) in [4.78, 5) is 43.4. The third-order valence-corrected chi connectivity index (χ3v) is 7.27. The van der Waals surface area contributed by atoms with E-state index < -0.39 is 17.8 Å². The molecular formula is C27H31FN2O4. The number of hydrogen-bond acceptors (Lipinski definition) is 4. The molecule has 0 aromatic heterocycles. The maximum absolute atomic E-state index is 14.6. The molecule has 7 heteroatoms. The van der Waals surface area contributed by atoms with E-state index in [4.69, 9.17) is 0 Å². The summed E-state index contributed by atoms with van der Waals surface area (Å²) in [6.45, 7) is 4.72. The minimum absolute atomic E-state index is 0.0375. The number of hydrogen-bond donors (Lipinski definition) is 1. The van der Waals surface area contributed by atoms with Crippen LogP contribution in [-0.2, 0) is 9.59 Å². The Balaban J connectivity index is 1.83. The normalized spacial score (nSPS) is 23.0. The van der Waals surface area contributed by atoms with Crippen molar-refractivity contribution in [1.29, 1.82) is 0 Å². The Kier molecular flexibility index (Phi) is 7.00. The van der Waals surface area contributed by atoms with Crippen LogP contribution in [-0.4, -0.2) is 58.7 Å². The summed E-state index contributed by atoms with van der Waals surface area (Å²) in [6.07, 6.45) is 2.91. The first kappa shape index (κ1) is 23.9. The Bertz CT molecular complexity index is 1100. The summed E-state index contributed by atoms with van der Waals surface area (Å²) in [5.74, 6) is -3.00. The number of rotatable bonds is 4. The number of amides is 2. The van der Waals surface area contributed by atoms with Gasteiger partial charge in [0.2, 0.25) is 11.8 Å². The summed E-state index contributed by atoms with van der Waals surface area (Å²) < 4.78 is 14.6. The highest BCUT2D eigenvalue weighted by Gasteiger charge is 2.47. The Morgan fingerprint density at radius 2 is 1.62 bits per heavy atom. The van der Waals surface area contributed by atoms with Gasteiger partial charge in [-0.15, -0.1) is 0 Å². The van der Waals surface area contributed by atoms with E-state index in [-0.39, 0.29) is 42.3 Å². The summed E-state index contributed by atoms with van der Waals surface area (Å²) in [7, 11) is 0. The van der Waals surface area contributed by atoms with E-state index in [9.17, 15) is 23.9 Å². The Morgan fingerprint density at radius 3 is 2.29 bits per heavy atom. The van der Waals surface area contributed by atoms with Crippen LogP contribution in [0.2, 0.25) is 0 Å². The molecule has 34 heavy (non-hydrogen) atoms. The van der Waals surface area contributed by atoms with Gasteiger partial charge in [-0.1, -0.05) is 24.3 Å². The number of Topliss-reactive ketones (excluding diaryl/α,β-unsaturated/α-hetero) is 1. The van der Waals surface area contributed by atoms with Crippen LogP contribution in [0.3, 0.4) is 0 Å². The molecule has 4 rings (SSSR count). The average Bonchev–Trinajstić information content (AvgIpc) is 2.84. The van der Waals surface area contributed by atoms with E-state index >= 15 is 0 Å². The molecule has 0 aliphatic carbocycles. The lowest BCUT2D eigenvalue weighted by Gasteiger charge is -2.45. The lowest BCUT2D eigenvalue weighted by Crippen LogP contribution is -2.55. The van der Waals surface area contributed by atoms with Crippen molar-refractivity contribution in [2.45, 2.75) is 39.0 Å². The van der Waals surface area contributed by atoms with Crippen LogP contribution in [0.15, 0.2) is 42.5 Å². The molecule has 3 atom stereocenters. The molecule has 3 unspecified atom stereocenters. The highest BCUT2D eigenvalue weighted by Crippen LogP contribution is 2.42. The van der Waals surface area contributed by atoms with E-state index in [2.05, 4.69) is 0 Å². The number of aromatic hydroxyl groups is 1. The van der Waals surface area contributed by atoms with Gasteiger partial charge in [0, 0.05) is 50.5 Å². The van der Waals surface area contributed by atoms with Crippen molar-refractivity contribution in [2.75, 3.05) is 26.2 Å². The Morgan fingerprint density at radius 1 is 0.941 bits per heavy atom. The topological polar surface area (TPSA) is 77.9 Å². The van der Waals surface area contributed by atoms with Gasteiger partial charge in [-0.05, 0) is 55.5 Å². The molecule has 2 aliphatic heterocycles. The van der Waals surface area contributed by atoms with Crippen LogP contribution in [0.1, 0.15) is 53.6 Å². The standard InChI is InChI=1S/C27H31FN2O4/c1-17-21(10-7-11-24(17)28)25-22(26(33)19-8-6-9-20(32)14-19)15-30(18(2)31)16-23(25)27(34)29-12-4-3-5-13-29/h6-11,14,22-23,25,32H,3-5,12-13,15-16H2,1-2H3. The second-order valence-corrected chi connectivity index (χ2v) is 9.42. The van der Waals surface area contributed by atoms with Crippen LogP contribution >= 0.6 is 0 Å². The molecule has 1 N–H and O–H groups in total. The van der Waals surface area contributed by atoms with Crippen LogP contribution < -0.4 is 0 Å². The molecular weight excluding hydrogens is 435 g/mol. The summed E-state index contributed by atoms with van der Waals surface area (Å²) in [5.41, 5.74) is 1.34. The number of nitrogens with zero attached hydrogens (tertiary/aromatic N) is 2. The van der Waals surface area contributed by atoms with Crippen LogP contribution in [0.25, 0.3) is 0 Å². The van der Waals surface area contributed by atoms with Crippen molar-refractivity contribution >= 4 is 17.6 Å². The van der Waals surface area contributed by atoms with Crippen molar-refractivity contribution in [3.8, 4) is 5.75 Å². The smallest absolute Gasteiger partial charge is 0.228 e. The van der Waals surface area contributed by atoms with E-state index in [0.29, 0.717) is 29.8 Å². The molecule has 2 aliphatic rings. The third kappa shape index (κ3) is 4.69. The van der Waals surface area contributed by atoms with Crippen molar-refractivity contribution in [1.82, 2.24) is 9.80 Å². The Labute approximate surface area is 199 Å². The number of piperidine rings is 2. The average molecular weight is 467 g/mol. The lowest BCUT2D eigenvalue weighted by molar-refractivity contribution is -0.142. The molecule has 2 saturated heterocycles. The molecule has 2 aromatic carbocycles. The number of carbonyl (C=O) groups is 3. The molecule has 0 saturated carbocycles. The molecule has 0 spiro atoms. The van der Waals surface area contributed by atoms with Crippen molar-refractivity contribution in [3.05, 3.63) is 65.0 Å². The molecule has 6 nitrogen and oxygen atoms in total. The van der Waals surface area contributed by atoms with Crippen molar-refractivity contribution < 1.29 is 23.9 Å². The number of phenols is 1. The fraction of sp³-hybridized carbons (Fsp3) is 0.444. The minimum Gasteiger partial charge on any atom is -0.508 e. The Hall–Kier alpha value is -3.22. The van der Waals surface area contributed by atoms with E-state index in [1.807, 2.05) is 4.90 Å². The molecule has 0 bridgehead atoms. The fourth-order valence-electron chi connectivity index (χ4n) is 5.43. The van der Waals surface area contributed by atoms with E-state index in [1.165, 1.54) is 25.1 Å². The second-order valence-electron chi connectivity index (χ2n) is 9.42. The first-order valence-corrected chi connectivity index (χ1v) is 11.9. The highest BCUT2D eigenvalue weighted by atomic mass is 19.1. The SMILES string of the molecule is CC(=O)N1CC(C(=O)c2cccc(O)c2)C(c2cccc(F)c2C)C(C(=O)N2CCCCC2)C1. The van der Waals surface area contributed by atoms with Gasteiger partial charge in [-0.25, -0.2) is 4.39 Å². The van der Waals surface area contributed by atoms with Crippen LogP contribution in [0.4, 0.5) is 4.39 Å². The maximum atomic E-state index is 14.6. The number of halogens is 1.